The van der Waals surface area contributed by atoms with Crippen molar-refractivity contribution in [3.05, 3.63) is 30.1 Å². The van der Waals surface area contributed by atoms with Crippen molar-refractivity contribution < 1.29 is 4.79 Å². The van der Waals surface area contributed by atoms with E-state index in [4.69, 9.17) is 5.73 Å². The lowest BCUT2D eigenvalue weighted by Crippen LogP contribution is -2.35. The maximum atomic E-state index is 11.6. The molecule has 0 spiro atoms. The number of Topliss-reactive ketones (excluding diaryl/α,β-unsaturated/α-hetero) is 1. The van der Waals surface area contributed by atoms with Crippen LogP contribution in [0.3, 0.4) is 0 Å². The average Bonchev–Trinajstić information content (AvgIpc) is 2.26. The third-order valence-electron chi connectivity index (χ3n) is 2.47. The molecular formula is C12H18N2O. The second-order valence-corrected chi connectivity index (χ2v) is 4.10. The predicted octanol–water partition coefficient (Wildman–Crippen LogP) is 1.57. The molecule has 1 heterocycles. The highest BCUT2D eigenvalue weighted by Crippen LogP contribution is 2.06. The zero-order valence-corrected chi connectivity index (χ0v) is 9.31. The highest BCUT2D eigenvalue weighted by Gasteiger charge is 2.16. The number of rotatable bonds is 5. The molecule has 0 aromatic carbocycles. The SMILES string of the molecule is CC(C)C(N)C(=O)CCc1cccnc1. The Kier molecular flexibility index (Phi) is 4.43. The number of nitrogens with two attached hydrogens (primary N) is 1. The third-order valence-corrected chi connectivity index (χ3v) is 2.47. The highest BCUT2D eigenvalue weighted by molar-refractivity contribution is 5.84. The Hall–Kier alpha value is -1.22. The van der Waals surface area contributed by atoms with E-state index in [1.807, 2.05) is 26.0 Å². The standard InChI is InChI=1S/C12H18N2O/c1-9(2)12(13)11(15)6-5-10-4-3-7-14-8-10/h3-4,7-9,12H,5-6,13H2,1-2H3. The summed E-state index contributed by atoms with van der Waals surface area (Å²) in [6.45, 7) is 3.93. The van der Waals surface area contributed by atoms with Gasteiger partial charge in [-0.15, -0.1) is 0 Å². The second kappa shape index (κ2) is 5.61. The van der Waals surface area contributed by atoms with Crippen LogP contribution < -0.4 is 5.73 Å². The number of hydrogen-bond acceptors (Lipinski definition) is 3. The summed E-state index contributed by atoms with van der Waals surface area (Å²) >= 11 is 0. The Balaban J connectivity index is 2.41. The molecule has 82 valence electrons. The molecule has 0 aliphatic heterocycles. The quantitative estimate of drug-likeness (QED) is 0.795. The van der Waals surface area contributed by atoms with Crippen LogP contribution in [-0.4, -0.2) is 16.8 Å². The fourth-order valence-corrected chi connectivity index (χ4v) is 1.35. The maximum absolute atomic E-state index is 11.6. The number of ketones is 1. The van der Waals surface area contributed by atoms with E-state index in [2.05, 4.69) is 4.98 Å². The van der Waals surface area contributed by atoms with Gasteiger partial charge in [0, 0.05) is 18.8 Å². The van der Waals surface area contributed by atoms with Gasteiger partial charge in [-0.1, -0.05) is 19.9 Å². The normalized spacial score (nSPS) is 12.8. The van der Waals surface area contributed by atoms with Gasteiger partial charge in [-0.25, -0.2) is 0 Å². The average molecular weight is 206 g/mol. The Morgan fingerprint density at radius 2 is 2.27 bits per heavy atom. The van der Waals surface area contributed by atoms with E-state index in [1.54, 1.807) is 12.4 Å². The minimum absolute atomic E-state index is 0.133. The largest absolute Gasteiger partial charge is 0.321 e. The van der Waals surface area contributed by atoms with Gasteiger partial charge in [0.2, 0.25) is 0 Å². The lowest BCUT2D eigenvalue weighted by Gasteiger charge is -2.13. The summed E-state index contributed by atoms with van der Waals surface area (Å²) < 4.78 is 0. The molecule has 0 bridgehead atoms. The number of nitrogens with zero attached hydrogens (tertiary/aromatic N) is 1. The molecule has 3 heteroatoms. The van der Waals surface area contributed by atoms with Gasteiger partial charge in [0.05, 0.1) is 6.04 Å². The molecule has 0 aliphatic rings. The second-order valence-electron chi connectivity index (χ2n) is 4.10. The van der Waals surface area contributed by atoms with Crippen molar-refractivity contribution in [1.29, 1.82) is 0 Å². The number of hydrogen-bond donors (Lipinski definition) is 1. The maximum Gasteiger partial charge on any atom is 0.150 e. The van der Waals surface area contributed by atoms with Gasteiger partial charge < -0.3 is 5.73 Å². The molecule has 1 unspecified atom stereocenters. The van der Waals surface area contributed by atoms with Crippen molar-refractivity contribution in [2.75, 3.05) is 0 Å². The van der Waals surface area contributed by atoms with Gasteiger partial charge in [0.1, 0.15) is 5.78 Å². The van der Waals surface area contributed by atoms with Crippen molar-refractivity contribution in [3.63, 3.8) is 0 Å². The predicted molar refractivity (Wildman–Crippen MR) is 60.4 cm³/mol. The lowest BCUT2D eigenvalue weighted by molar-refractivity contribution is -0.121. The summed E-state index contributed by atoms with van der Waals surface area (Å²) in [6, 6.07) is 3.52. The van der Waals surface area contributed by atoms with Gasteiger partial charge in [-0.3, -0.25) is 9.78 Å². The molecule has 0 saturated heterocycles. The minimum atomic E-state index is -0.332. The minimum Gasteiger partial charge on any atom is -0.321 e. The van der Waals surface area contributed by atoms with Gasteiger partial charge in [-0.2, -0.15) is 0 Å². The van der Waals surface area contributed by atoms with Crippen molar-refractivity contribution >= 4 is 5.78 Å². The number of pyridine rings is 1. The molecule has 1 rings (SSSR count). The Bertz CT molecular complexity index is 309. The molecule has 3 nitrogen and oxygen atoms in total. The first-order chi connectivity index (χ1) is 7.11. The summed E-state index contributed by atoms with van der Waals surface area (Å²) in [5.41, 5.74) is 6.84. The highest BCUT2D eigenvalue weighted by atomic mass is 16.1. The van der Waals surface area contributed by atoms with Crippen LogP contribution in [0.4, 0.5) is 0 Å². The lowest BCUT2D eigenvalue weighted by atomic mass is 9.97. The fourth-order valence-electron chi connectivity index (χ4n) is 1.35. The summed E-state index contributed by atoms with van der Waals surface area (Å²) in [6.07, 6.45) is 4.75. The van der Waals surface area contributed by atoms with E-state index in [0.717, 1.165) is 12.0 Å². The molecule has 0 saturated carbocycles. The first kappa shape index (κ1) is 11.9. The van der Waals surface area contributed by atoms with E-state index >= 15 is 0 Å². The number of carbonyl (C=O) groups is 1. The summed E-state index contributed by atoms with van der Waals surface area (Å²) in [5, 5.41) is 0. The van der Waals surface area contributed by atoms with Gasteiger partial charge >= 0.3 is 0 Å². The summed E-state index contributed by atoms with van der Waals surface area (Å²) in [5.74, 6) is 0.347. The van der Waals surface area contributed by atoms with E-state index < -0.39 is 0 Å². The molecular weight excluding hydrogens is 188 g/mol. The molecule has 0 amide bonds. The molecule has 0 radical (unpaired) electrons. The van der Waals surface area contributed by atoms with Crippen molar-refractivity contribution in [1.82, 2.24) is 4.98 Å². The molecule has 1 atom stereocenters. The van der Waals surface area contributed by atoms with Crippen molar-refractivity contribution in [3.8, 4) is 0 Å². The van der Waals surface area contributed by atoms with Crippen molar-refractivity contribution in [2.24, 2.45) is 11.7 Å². The number of carbonyl (C=O) groups excluding carboxylic acids is 1. The molecule has 1 aromatic rings. The smallest absolute Gasteiger partial charge is 0.150 e. The topological polar surface area (TPSA) is 56.0 Å². The van der Waals surface area contributed by atoms with Gasteiger partial charge in [0.15, 0.2) is 0 Å². The van der Waals surface area contributed by atoms with Crippen LogP contribution >= 0.6 is 0 Å². The zero-order valence-electron chi connectivity index (χ0n) is 9.31. The number of aryl methyl sites for hydroxylation is 1. The monoisotopic (exact) mass is 206 g/mol. The Morgan fingerprint density at radius 3 is 2.80 bits per heavy atom. The fraction of sp³-hybridized carbons (Fsp3) is 0.500. The first-order valence-corrected chi connectivity index (χ1v) is 5.28. The van der Waals surface area contributed by atoms with Crippen LogP contribution in [0.15, 0.2) is 24.5 Å². The molecule has 2 N–H and O–H groups in total. The molecule has 0 fully saturated rings. The first-order valence-electron chi connectivity index (χ1n) is 5.28. The van der Waals surface area contributed by atoms with E-state index in [9.17, 15) is 4.79 Å². The van der Waals surface area contributed by atoms with Crippen LogP contribution in [0.5, 0.6) is 0 Å². The summed E-state index contributed by atoms with van der Waals surface area (Å²) in [4.78, 5) is 15.6. The van der Waals surface area contributed by atoms with Crippen LogP contribution in [0.25, 0.3) is 0 Å². The number of aromatic nitrogens is 1. The molecule has 0 aliphatic carbocycles. The van der Waals surface area contributed by atoms with Crippen molar-refractivity contribution in [2.45, 2.75) is 32.7 Å². The van der Waals surface area contributed by atoms with Crippen LogP contribution in [0.2, 0.25) is 0 Å². The Morgan fingerprint density at radius 1 is 1.53 bits per heavy atom. The van der Waals surface area contributed by atoms with Crippen LogP contribution in [-0.2, 0) is 11.2 Å². The van der Waals surface area contributed by atoms with E-state index in [1.165, 1.54) is 0 Å². The van der Waals surface area contributed by atoms with E-state index in [-0.39, 0.29) is 17.7 Å². The Labute approximate surface area is 90.7 Å². The molecule has 15 heavy (non-hydrogen) atoms. The van der Waals surface area contributed by atoms with E-state index in [0.29, 0.717) is 6.42 Å². The van der Waals surface area contributed by atoms with Crippen LogP contribution in [0, 0.1) is 5.92 Å². The summed E-state index contributed by atoms with van der Waals surface area (Å²) in [7, 11) is 0. The van der Waals surface area contributed by atoms with Gasteiger partial charge in [-0.05, 0) is 24.0 Å². The van der Waals surface area contributed by atoms with Crippen LogP contribution in [0.1, 0.15) is 25.8 Å². The molecule has 1 aromatic heterocycles. The third kappa shape index (κ3) is 3.80. The zero-order chi connectivity index (χ0) is 11.3. The van der Waals surface area contributed by atoms with Gasteiger partial charge in [0.25, 0.3) is 0 Å².